The summed E-state index contributed by atoms with van der Waals surface area (Å²) in [6, 6.07) is 35.9. The molecule has 0 radical (unpaired) electrons. The number of nitrogens with zero attached hydrogens (tertiary/aromatic N) is 1. The molecule has 0 amide bonds. The first-order valence-corrected chi connectivity index (χ1v) is 12.0. The lowest BCUT2D eigenvalue weighted by Crippen LogP contribution is -2.39. The highest BCUT2D eigenvalue weighted by molar-refractivity contribution is 6.50. The second-order valence-corrected chi connectivity index (χ2v) is 8.17. The van der Waals surface area contributed by atoms with Crippen molar-refractivity contribution in [3.8, 4) is 33.6 Å². The fourth-order valence-corrected chi connectivity index (χ4v) is 3.97. The predicted molar refractivity (Wildman–Crippen MR) is 139 cm³/mol. The molecule has 0 aliphatic heterocycles. The van der Waals surface area contributed by atoms with E-state index in [4.69, 9.17) is 4.74 Å². The van der Waals surface area contributed by atoms with Crippen molar-refractivity contribution in [3.63, 3.8) is 0 Å². The number of benzene rings is 3. The zero-order valence-corrected chi connectivity index (χ0v) is 20.5. The van der Waals surface area contributed by atoms with Gasteiger partial charge in [0.1, 0.15) is 6.54 Å². The van der Waals surface area contributed by atoms with E-state index in [0.717, 1.165) is 29.1 Å². The van der Waals surface area contributed by atoms with E-state index >= 15 is 0 Å². The number of hydrogen-bond donors (Lipinski definition) is 0. The van der Waals surface area contributed by atoms with Gasteiger partial charge in [0.25, 0.3) is 0 Å². The Kier molecular flexibility index (Phi) is 10.0. The summed E-state index contributed by atoms with van der Waals surface area (Å²) >= 11 is 0. The van der Waals surface area contributed by atoms with Gasteiger partial charge in [0.15, 0.2) is 0 Å². The molecule has 1 heterocycles. The molecule has 8 heteroatoms. The van der Waals surface area contributed by atoms with Crippen LogP contribution in [0.3, 0.4) is 0 Å². The lowest BCUT2D eigenvalue weighted by molar-refractivity contribution is -0.675. The Morgan fingerprint density at radius 1 is 0.703 bits per heavy atom. The van der Waals surface area contributed by atoms with Crippen LogP contribution in [0.4, 0.5) is 17.3 Å². The van der Waals surface area contributed by atoms with Crippen LogP contribution in [-0.4, -0.2) is 19.8 Å². The Morgan fingerprint density at radius 3 is 1.51 bits per heavy atom. The number of aromatic nitrogens is 1. The molecule has 0 bridgehead atoms. The molecule has 1 aromatic heterocycles. The van der Waals surface area contributed by atoms with Crippen molar-refractivity contribution in [2.45, 2.75) is 26.3 Å². The number of ether oxygens (including phenoxy) is 1. The van der Waals surface area contributed by atoms with Gasteiger partial charge in [-0.3, -0.25) is 4.79 Å². The third-order valence-corrected chi connectivity index (χ3v) is 5.48. The molecule has 0 unspecified atom stereocenters. The van der Waals surface area contributed by atoms with Gasteiger partial charge >= 0.3 is 13.2 Å². The quantitative estimate of drug-likeness (QED) is 0.106. The molecule has 4 aromatic rings. The summed E-state index contributed by atoms with van der Waals surface area (Å²) in [4.78, 5) is 12.0. The Balaban J connectivity index is 0.000000695. The summed E-state index contributed by atoms with van der Waals surface area (Å²) in [7, 11) is -6.00. The van der Waals surface area contributed by atoms with Crippen molar-refractivity contribution in [1.29, 1.82) is 0 Å². The van der Waals surface area contributed by atoms with Crippen LogP contribution in [0.15, 0.2) is 103 Å². The van der Waals surface area contributed by atoms with Crippen LogP contribution in [0.2, 0.25) is 0 Å². The number of carbonyl (C=O) groups is 1. The molecule has 0 spiro atoms. The maximum Gasteiger partial charge on any atom is 0.673 e. The van der Waals surface area contributed by atoms with Gasteiger partial charge in [-0.2, -0.15) is 4.57 Å². The Bertz CT molecular complexity index is 1200. The van der Waals surface area contributed by atoms with Gasteiger partial charge in [-0.15, -0.1) is 0 Å². The number of hydrogen-bond acceptors (Lipinski definition) is 2. The highest BCUT2D eigenvalue weighted by Crippen LogP contribution is 2.29. The molecule has 3 aromatic carbocycles. The van der Waals surface area contributed by atoms with E-state index in [1.807, 2.05) is 25.1 Å². The Labute approximate surface area is 214 Å². The van der Waals surface area contributed by atoms with E-state index in [2.05, 4.69) is 89.5 Å². The molecule has 192 valence electrons. The zero-order valence-electron chi connectivity index (χ0n) is 20.5. The maximum atomic E-state index is 12.0. The van der Waals surface area contributed by atoms with Gasteiger partial charge in [-0.05, 0) is 42.3 Å². The second kappa shape index (κ2) is 13.4. The van der Waals surface area contributed by atoms with Crippen molar-refractivity contribution in [2.24, 2.45) is 0 Å². The summed E-state index contributed by atoms with van der Waals surface area (Å²) in [6.07, 6.45) is 1.12. The molecule has 0 saturated heterocycles. The van der Waals surface area contributed by atoms with Crippen LogP contribution in [0, 0.1) is 0 Å². The first kappa shape index (κ1) is 27.6. The van der Waals surface area contributed by atoms with Crippen molar-refractivity contribution in [1.82, 2.24) is 0 Å². The number of rotatable bonds is 8. The van der Waals surface area contributed by atoms with E-state index in [-0.39, 0.29) is 5.97 Å². The van der Waals surface area contributed by atoms with Crippen molar-refractivity contribution in [2.75, 3.05) is 6.61 Å². The largest absolute Gasteiger partial charge is 0.673 e. The predicted octanol–water partition coefficient (Wildman–Crippen LogP) is 7.62. The molecule has 4 rings (SSSR count). The van der Waals surface area contributed by atoms with Crippen molar-refractivity contribution >= 4 is 13.2 Å². The van der Waals surface area contributed by atoms with Crippen LogP contribution in [0.25, 0.3) is 33.6 Å². The zero-order chi connectivity index (χ0) is 26.7. The molecular formula is C29H28BF4NO2. The standard InChI is InChI=1S/C29H28NO2.BF4/c1-2-32-29(31)19-12-20-30-27(24-15-8-4-9-16-24)21-26(23-13-6-3-7-14-23)22-28(30)25-17-10-5-11-18-25;2-1(3,4)5/h3-11,13-18,21-22H,2,12,19-20H2,1H3;/q+1;-1. The minimum absolute atomic E-state index is 0.142. The Hall–Kier alpha value is -3.94. The number of carbonyl (C=O) groups excluding carboxylic acids is 1. The van der Waals surface area contributed by atoms with E-state index in [1.165, 1.54) is 11.1 Å². The lowest BCUT2D eigenvalue weighted by Gasteiger charge is -2.13. The Morgan fingerprint density at radius 2 is 1.11 bits per heavy atom. The average Bonchev–Trinajstić information content (AvgIpc) is 2.89. The molecule has 0 aliphatic carbocycles. The minimum atomic E-state index is -6.00. The van der Waals surface area contributed by atoms with Crippen molar-refractivity contribution < 1.29 is 31.4 Å². The van der Waals surface area contributed by atoms with Gasteiger partial charge in [0, 0.05) is 29.7 Å². The third-order valence-electron chi connectivity index (χ3n) is 5.48. The summed E-state index contributed by atoms with van der Waals surface area (Å²) in [6.45, 7) is 2.99. The van der Waals surface area contributed by atoms with Crippen molar-refractivity contribution in [3.05, 3.63) is 103 Å². The highest BCUT2D eigenvalue weighted by Gasteiger charge is 2.23. The van der Waals surface area contributed by atoms with Gasteiger partial charge in [-0.25, -0.2) is 0 Å². The molecule has 3 nitrogen and oxygen atoms in total. The summed E-state index contributed by atoms with van der Waals surface area (Å²) in [5.74, 6) is -0.142. The maximum absolute atomic E-state index is 12.0. The highest BCUT2D eigenvalue weighted by atomic mass is 19.5. The van der Waals surface area contributed by atoms with E-state index < -0.39 is 7.25 Å². The van der Waals surface area contributed by atoms with Crippen LogP contribution in [0.5, 0.6) is 0 Å². The fourth-order valence-electron chi connectivity index (χ4n) is 3.97. The van der Waals surface area contributed by atoms with Crippen LogP contribution < -0.4 is 4.57 Å². The van der Waals surface area contributed by atoms with Crippen LogP contribution in [0.1, 0.15) is 19.8 Å². The van der Waals surface area contributed by atoms with Gasteiger partial charge in [0.2, 0.25) is 11.4 Å². The summed E-state index contributed by atoms with van der Waals surface area (Å²) in [5.41, 5.74) is 6.92. The molecule has 0 atom stereocenters. The van der Waals surface area contributed by atoms with E-state index in [9.17, 15) is 22.1 Å². The summed E-state index contributed by atoms with van der Waals surface area (Å²) < 4.78 is 46.5. The monoisotopic (exact) mass is 509 g/mol. The topological polar surface area (TPSA) is 30.2 Å². The van der Waals surface area contributed by atoms with Gasteiger partial charge in [0.05, 0.1) is 13.0 Å². The van der Waals surface area contributed by atoms with Crippen LogP contribution >= 0.6 is 0 Å². The third kappa shape index (κ3) is 8.90. The number of pyridine rings is 1. The molecule has 0 aliphatic rings. The summed E-state index contributed by atoms with van der Waals surface area (Å²) in [5, 5.41) is 0. The van der Waals surface area contributed by atoms with Crippen LogP contribution in [-0.2, 0) is 16.1 Å². The first-order chi connectivity index (χ1) is 17.8. The number of esters is 1. The first-order valence-electron chi connectivity index (χ1n) is 12.0. The molecule has 37 heavy (non-hydrogen) atoms. The van der Waals surface area contributed by atoms with Gasteiger partial charge < -0.3 is 22.0 Å². The van der Waals surface area contributed by atoms with E-state index in [1.54, 1.807) is 0 Å². The van der Waals surface area contributed by atoms with E-state index in [0.29, 0.717) is 19.4 Å². The number of halogens is 4. The second-order valence-electron chi connectivity index (χ2n) is 8.17. The molecule has 0 N–H and O–H groups in total. The SMILES string of the molecule is CCOC(=O)CCC[n+]1c(-c2ccccc2)cc(-c2ccccc2)cc1-c1ccccc1.F[B-](F)(F)F. The molecular weight excluding hydrogens is 481 g/mol. The molecule has 0 saturated carbocycles. The fraction of sp³-hybridized carbons (Fsp3) is 0.172. The minimum Gasteiger partial charge on any atom is -0.466 e. The molecule has 0 fully saturated rings. The average molecular weight is 509 g/mol. The lowest BCUT2D eigenvalue weighted by atomic mass is 9.99. The normalized spacial score (nSPS) is 10.8. The smallest absolute Gasteiger partial charge is 0.466 e. The van der Waals surface area contributed by atoms with Gasteiger partial charge in [-0.1, -0.05) is 66.7 Å².